The van der Waals surface area contributed by atoms with Gasteiger partial charge in [-0.2, -0.15) is 0 Å². The minimum absolute atomic E-state index is 0.162. The van der Waals surface area contributed by atoms with Crippen LogP contribution in [0.4, 0.5) is 5.69 Å². The fourth-order valence-corrected chi connectivity index (χ4v) is 1.58. The molecule has 2 aromatic rings. The molecule has 0 saturated heterocycles. The largest absolute Gasteiger partial charge is 0.462 e. The van der Waals surface area contributed by atoms with Gasteiger partial charge in [0.2, 0.25) is 0 Å². The lowest BCUT2D eigenvalue weighted by molar-refractivity contribution is 0.0522. The number of rotatable bonds is 3. The van der Waals surface area contributed by atoms with E-state index < -0.39 is 11.6 Å². The minimum Gasteiger partial charge on any atom is -0.462 e. The first-order valence-corrected chi connectivity index (χ1v) is 5.46. The van der Waals surface area contributed by atoms with Gasteiger partial charge in [0.05, 0.1) is 6.61 Å². The van der Waals surface area contributed by atoms with Gasteiger partial charge in [-0.1, -0.05) is 5.11 Å². The fraction of sp³-hybridized carbons (Fsp3) is 0.167. The molecule has 0 spiro atoms. The second-order valence-electron chi connectivity index (χ2n) is 3.58. The molecular weight excluding hydrogens is 250 g/mol. The molecule has 0 unspecified atom stereocenters. The Kier molecular flexibility index (Phi) is 3.49. The highest BCUT2D eigenvalue weighted by atomic mass is 16.5. The number of carbonyl (C=O) groups excluding carboxylic acids is 1. The van der Waals surface area contributed by atoms with Gasteiger partial charge in [0, 0.05) is 16.0 Å². The van der Waals surface area contributed by atoms with Crippen LogP contribution in [0.2, 0.25) is 0 Å². The average molecular weight is 259 g/mol. The molecule has 0 amide bonds. The van der Waals surface area contributed by atoms with E-state index >= 15 is 0 Å². The molecule has 1 aromatic carbocycles. The Morgan fingerprint density at radius 1 is 1.47 bits per heavy atom. The third-order valence-electron chi connectivity index (χ3n) is 2.37. The van der Waals surface area contributed by atoms with Gasteiger partial charge in [-0.25, -0.2) is 9.59 Å². The summed E-state index contributed by atoms with van der Waals surface area (Å²) in [5.41, 5.74) is 8.07. The van der Waals surface area contributed by atoms with E-state index in [0.717, 1.165) is 0 Å². The molecule has 7 nitrogen and oxygen atoms in total. The molecule has 0 aliphatic carbocycles. The van der Waals surface area contributed by atoms with Gasteiger partial charge in [0.1, 0.15) is 11.1 Å². The highest BCUT2D eigenvalue weighted by Gasteiger charge is 2.14. The number of ether oxygens (including phenoxy) is 1. The maximum absolute atomic E-state index is 11.6. The van der Waals surface area contributed by atoms with E-state index in [-0.39, 0.29) is 12.2 Å². The monoisotopic (exact) mass is 259 g/mol. The van der Waals surface area contributed by atoms with Crippen molar-refractivity contribution in [3.8, 4) is 0 Å². The van der Waals surface area contributed by atoms with Crippen molar-refractivity contribution in [3.05, 3.63) is 50.7 Å². The summed E-state index contributed by atoms with van der Waals surface area (Å²) in [6, 6.07) is 5.88. The first-order chi connectivity index (χ1) is 9.15. The maximum atomic E-state index is 11.6. The van der Waals surface area contributed by atoms with Crippen LogP contribution < -0.4 is 5.63 Å². The second kappa shape index (κ2) is 5.24. The van der Waals surface area contributed by atoms with Crippen LogP contribution in [0.15, 0.2) is 38.6 Å². The van der Waals surface area contributed by atoms with Crippen molar-refractivity contribution in [2.75, 3.05) is 6.61 Å². The predicted octanol–water partition coefficient (Wildman–Crippen LogP) is 2.91. The smallest absolute Gasteiger partial charge is 0.351 e. The lowest BCUT2D eigenvalue weighted by Crippen LogP contribution is -2.16. The number of hydrogen-bond donors (Lipinski definition) is 0. The van der Waals surface area contributed by atoms with E-state index in [2.05, 4.69) is 10.0 Å². The number of esters is 1. The Morgan fingerprint density at radius 2 is 2.26 bits per heavy atom. The van der Waals surface area contributed by atoms with Gasteiger partial charge in [-0.05, 0) is 36.7 Å². The lowest BCUT2D eigenvalue weighted by Gasteiger charge is -2.02. The van der Waals surface area contributed by atoms with Crippen molar-refractivity contribution in [1.29, 1.82) is 0 Å². The highest BCUT2D eigenvalue weighted by molar-refractivity contribution is 5.93. The molecule has 0 aliphatic rings. The topological polar surface area (TPSA) is 105 Å². The molecule has 96 valence electrons. The van der Waals surface area contributed by atoms with Gasteiger partial charge in [-0.3, -0.25) is 0 Å². The second-order valence-corrected chi connectivity index (χ2v) is 3.58. The summed E-state index contributed by atoms with van der Waals surface area (Å²) in [5.74, 6) is -0.743. The van der Waals surface area contributed by atoms with Crippen molar-refractivity contribution in [3.63, 3.8) is 0 Å². The SMILES string of the molecule is CCOC(=O)c1cc2cc(N=[N+]=[N-])ccc2oc1=O. The summed E-state index contributed by atoms with van der Waals surface area (Å²) in [4.78, 5) is 25.8. The van der Waals surface area contributed by atoms with Crippen molar-refractivity contribution >= 4 is 22.6 Å². The van der Waals surface area contributed by atoms with Crippen LogP contribution in [0.25, 0.3) is 21.4 Å². The van der Waals surface area contributed by atoms with Crippen LogP contribution in [0, 0.1) is 0 Å². The van der Waals surface area contributed by atoms with Crippen LogP contribution in [0.5, 0.6) is 0 Å². The molecule has 0 radical (unpaired) electrons. The number of azide groups is 1. The normalized spacial score (nSPS) is 9.95. The van der Waals surface area contributed by atoms with Gasteiger partial charge >= 0.3 is 11.6 Å². The zero-order valence-corrected chi connectivity index (χ0v) is 9.99. The number of hydrogen-bond acceptors (Lipinski definition) is 5. The average Bonchev–Trinajstić information content (AvgIpc) is 2.39. The third kappa shape index (κ3) is 2.56. The zero-order chi connectivity index (χ0) is 13.8. The number of carbonyl (C=O) groups is 1. The van der Waals surface area contributed by atoms with Crippen LogP contribution in [0.1, 0.15) is 17.3 Å². The fourth-order valence-electron chi connectivity index (χ4n) is 1.58. The number of benzene rings is 1. The van der Waals surface area contributed by atoms with Crippen molar-refractivity contribution in [2.45, 2.75) is 6.92 Å². The van der Waals surface area contributed by atoms with E-state index in [0.29, 0.717) is 16.7 Å². The van der Waals surface area contributed by atoms with E-state index in [4.69, 9.17) is 14.7 Å². The van der Waals surface area contributed by atoms with E-state index in [1.807, 2.05) is 0 Å². The van der Waals surface area contributed by atoms with Gasteiger partial charge in [-0.15, -0.1) is 0 Å². The summed E-state index contributed by atoms with van der Waals surface area (Å²) < 4.78 is 9.76. The van der Waals surface area contributed by atoms with Crippen LogP contribution >= 0.6 is 0 Å². The van der Waals surface area contributed by atoms with Gasteiger partial charge in [0.25, 0.3) is 0 Å². The summed E-state index contributed by atoms with van der Waals surface area (Å²) in [7, 11) is 0. The Hall–Kier alpha value is -2.79. The molecule has 1 aromatic heterocycles. The molecule has 0 saturated carbocycles. The number of fused-ring (bicyclic) bond motifs is 1. The Bertz CT molecular complexity index is 744. The first-order valence-electron chi connectivity index (χ1n) is 5.46. The molecular formula is C12H9N3O4. The van der Waals surface area contributed by atoms with Crippen LogP contribution in [-0.2, 0) is 4.74 Å². The minimum atomic E-state index is -0.762. The lowest BCUT2D eigenvalue weighted by atomic mass is 10.1. The summed E-state index contributed by atoms with van der Waals surface area (Å²) in [5, 5.41) is 3.91. The zero-order valence-electron chi connectivity index (χ0n) is 9.99. The van der Waals surface area contributed by atoms with Crippen LogP contribution in [-0.4, -0.2) is 12.6 Å². The molecule has 0 fully saturated rings. The Labute approximate surface area is 107 Å². The van der Waals surface area contributed by atoms with E-state index in [1.165, 1.54) is 24.3 Å². The maximum Gasteiger partial charge on any atom is 0.351 e. The quantitative estimate of drug-likeness (QED) is 0.277. The van der Waals surface area contributed by atoms with Gasteiger partial charge in [0.15, 0.2) is 0 Å². The summed E-state index contributed by atoms with van der Waals surface area (Å²) in [6.07, 6.45) is 0. The van der Waals surface area contributed by atoms with E-state index in [1.54, 1.807) is 6.92 Å². The molecule has 19 heavy (non-hydrogen) atoms. The Balaban J connectivity index is 2.61. The third-order valence-corrected chi connectivity index (χ3v) is 2.37. The molecule has 7 heteroatoms. The Morgan fingerprint density at radius 3 is 2.95 bits per heavy atom. The van der Waals surface area contributed by atoms with E-state index in [9.17, 15) is 9.59 Å². The summed E-state index contributed by atoms with van der Waals surface area (Å²) in [6.45, 7) is 1.80. The predicted molar refractivity (Wildman–Crippen MR) is 67.2 cm³/mol. The first kappa shape index (κ1) is 12.7. The standard InChI is InChI=1S/C12H9N3O4/c1-2-18-11(16)9-6-7-5-8(14-15-13)3-4-10(7)19-12(9)17/h3-6H,2H2,1H3. The van der Waals surface area contributed by atoms with Crippen molar-refractivity contribution < 1.29 is 13.9 Å². The highest BCUT2D eigenvalue weighted by Crippen LogP contribution is 2.21. The molecule has 0 atom stereocenters. The molecule has 0 bridgehead atoms. The summed E-state index contributed by atoms with van der Waals surface area (Å²) >= 11 is 0. The van der Waals surface area contributed by atoms with Crippen molar-refractivity contribution in [2.24, 2.45) is 5.11 Å². The van der Waals surface area contributed by atoms with Crippen molar-refractivity contribution in [1.82, 2.24) is 0 Å². The molecule has 2 rings (SSSR count). The molecule has 0 aliphatic heterocycles. The molecule has 1 heterocycles. The number of nitrogens with zero attached hydrogens (tertiary/aromatic N) is 3. The van der Waals surface area contributed by atoms with Crippen LogP contribution in [0.3, 0.4) is 0 Å². The van der Waals surface area contributed by atoms with Gasteiger partial charge < -0.3 is 9.15 Å². The molecule has 0 N–H and O–H groups in total.